The smallest absolute Gasteiger partial charge is 0.172 e. The van der Waals surface area contributed by atoms with E-state index in [0.717, 1.165) is 37.4 Å². The third-order valence-corrected chi connectivity index (χ3v) is 10.2. The average Bonchev–Trinajstić information content (AvgIpc) is 3.23. The first kappa shape index (κ1) is 19.4. The lowest BCUT2D eigenvalue weighted by Gasteiger charge is -2.58. The highest BCUT2D eigenvalue weighted by Crippen LogP contribution is 2.70. The normalized spacial score (nSPS) is 50.4. The van der Waals surface area contributed by atoms with Gasteiger partial charge in [0.1, 0.15) is 0 Å². The Labute approximate surface area is 172 Å². The maximum atomic E-state index is 6.43. The fourth-order valence-electron chi connectivity index (χ4n) is 8.80. The van der Waals surface area contributed by atoms with Gasteiger partial charge in [-0.1, -0.05) is 45.4 Å². The van der Waals surface area contributed by atoms with Crippen molar-refractivity contribution in [1.29, 1.82) is 0 Å². The van der Waals surface area contributed by atoms with Crippen LogP contribution in [-0.2, 0) is 9.47 Å². The van der Waals surface area contributed by atoms with Crippen molar-refractivity contribution in [2.45, 2.75) is 78.4 Å². The van der Waals surface area contributed by atoms with Crippen LogP contribution in [0.3, 0.4) is 0 Å². The Bertz CT molecular complexity index is 674. The van der Waals surface area contributed by atoms with E-state index in [4.69, 9.17) is 9.47 Å². The number of hydrogen-bond acceptors (Lipinski definition) is 2. The summed E-state index contributed by atoms with van der Waals surface area (Å²) in [5.41, 5.74) is 2.56. The molecule has 2 heteroatoms. The second-order valence-corrected chi connectivity index (χ2v) is 11.4. The van der Waals surface area contributed by atoms with E-state index in [1.54, 1.807) is 5.57 Å². The average molecular weight is 385 g/mol. The number of rotatable bonds is 2. The van der Waals surface area contributed by atoms with Gasteiger partial charge in [0.25, 0.3) is 0 Å². The molecule has 0 bridgehead atoms. The first-order chi connectivity index (χ1) is 13.3. The summed E-state index contributed by atoms with van der Waals surface area (Å²) in [5.74, 6) is 3.76. The van der Waals surface area contributed by atoms with Gasteiger partial charge >= 0.3 is 0 Å². The summed E-state index contributed by atoms with van der Waals surface area (Å²) >= 11 is 0. The molecule has 0 radical (unpaired) electrons. The molecule has 4 aliphatic carbocycles. The fraction of sp³-hybridized carbons (Fsp3) is 0.846. The van der Waals surface area contributed by atoms with Gasteiger partial charge < -0.3 is 9.47 Å². The van der Waals surface area contributed by atoms with Crippen molar-refractivity contribution in [3.05, 3.63) is 24.3 Å². The molecule has 4 fully saturated rings. The summed E-state index contributed by atoms with van der Waals surface area (Å²) in [6, 6.07) is 0. The van der Waals surface area contributed by atoms with Crippen LogP contribution in [-0.4, -0.2) is 19.0 Å². The maximum Gasteiger partial charge on any atom is 0.172 e. The topological polar surface area (TPSA) is 18.5 Å². The molecule has 0 aromatic rings. The quantitative estimate of drug-likeness (QED) is 0.515. The largest absolute Gasteiger partial charge is 0.347 e. The predicted molar refractivity (Wildman–Crippen MR) is 114 cm³/mol. The Kier molecular flexibility index (Phi) is 4.46. The van der Waals surface area contributed by atoms with Gasteiger partial charge in [-0.15, -0.1) is 6.58 Å². The molecule has 0 aromatic carbocycles. The molecule has 2 nitrogen and oxygen atoms in total. The molecule has 5 rings (SSSR count). The zero-order valence-electron chi connectivity index (χ0n) is 18.5. The number of allylic oxidation sites excluding steroid dienone is 3. The minimum Gasteiger partial charge on any atom is -0.347 e. The molecule has 5 aliphatic rings. The summed E-state index contributed by atoms with van der Waals surface area (Å²) in [4.78, 5) is 0. The van der Waals surface area contributed by atoms with Gasteiger partial charge in [-0.05, 0) is 78.9 Å². The van der Waals surface area contributed by atoms with E-state index in [0.29, 0.717) is 28.6 Å². The van der Waals surface area contributed by atoms with Crippen molar-refractivity contribution in [1.82, 2.24) is 0 Å². The van der Waals surface area contributed by atoms with Crippen LogP contribution in [0.15, 0.2) is 24.3 Å². The molecule has 8 atom stereocenters. The van der Waals surface area contributed by atoms with Gasteiger partial charge in [0.05, 0.1) is 13.2 Å². The number of fused-ring (bicyclic) bond motifs is 5. The molecule has 3 saturated carbocycles. The third kappa shape index (κ3) is 2.46. The van der Waals surface area contributed by atoms with Gasteiger partial charge in [0.2, 0.25) is 0 Å². The maximum absolute atomic E-state index is 6.43. The highest BCUT2D eigenvalue weighted by atomic mass is 16.7. The first-order valence-electron chi connectivity index (χ1n) is 11.9. The minimum atomic E-state index is -0.353. The van der Waals surface area contributed by atoms with Crippen molar-refractivity contribution in [2.24, 2.45) is 46.3 Å². The van der Waals surface area contributed by atoms with Crippen LogP contribution < -0.4 is 0 Å². The van der Waals surface area contributed by atoms with Crippen molar-refractivity contribution in [3.8, 4) is 0 Å². The lowest BCUT2D eigenvalue weighted by atomic mass is 9.46. The van der Waals surface area contributed by atoms with E-state index in [2.05, 4.69) is 46.4 Å². The summed E-state index contributed by atoms with van der Waals surface area (Å²) < 4.78 is 12.9. The Balaban J connectivity index is 1.53. The molecular formula is C26H40O2. The monoisotopic (exact) mass is 384 g/mol. The van der Waals surface area contributed by atoms with E-state index < -0.39 is 0 Å². The van der Waals surface area contributed by atoms with Gasteiger partial charge in [-0.3, -0.25) is 0 Å². The molecule has 0 N–H and O–H groups in total. The Morgan fingerprint density at radius 2 is 1.89 bits per heavy atom. The van der Waals surface area contributed by atoms with Gasteiger partial charge in [0.15, 0.2) is 5.79 Å². The molecule has 1 heterocycles. The second-order valence-electron chi connectivity index (χ2n) is 11.4. The van der Waals surface area contributed by atoms with Crippen LogP contribution in [0.2, 0.25) is 0 Å². The van der Waals surface area contributed by atoms with Crippen LogP contribution in [0.1, 0.15) is 72.6 Å². The van der Waals surface area contributed by atoms with Crippen molar-refractivity contribution in [2.75, 3.05) is 13.2 Å². The standard InChI is InChI=1S/C26H40O2/c1-6-18(3)23-25(5)12-10-21-20(22(25)16-26(23)27-13-14-28-26)8-7-19-15-17(2)9-11-24(19,21)4/h6-7,17-18,20-23H,1,8-16H2,2-5H3/t17-,18+,20?,21?,22?,23?,24?,25-/m0/s1. The SMILES string of the molecule is C=C[C@@H](C)C1C2(CC3C4CC=C5C[C@@H](C)CCC5(C)C4CC[C@@]31C)OCCO2. The first-order valence-corrected chi connectivity index (χ1v) is 11.9. The molecule has 1 saturated heterocycles. The molecule has 1 aliphatic heterocycles. The Hall–Kier alpha value is -0.600. The van der Waals surface area contributed by atoms with Crippen LogP contribution in [0.4, 0.5) is 0 Å². The van der Waals surface area contributed by atoms with E-state index in [-0.39, 0.29) is 5.79 Å². The van der Waals surface area contributed by atoms with E-state index >= 15 is 0 Å². The highest BCUT2D eigenvalue weighted by molar-refractivity contribution is 5.26. The summed E-state index contributed by atoms with van der Waals surface area (Å²) in [5, 5.41) is 0. The summed E-state index contributed by atoms with van der Waals surface area (Å²) in [7, 11) is 0. The predicted octanol–water partition coefficient (Wildman–Crippen LogP) is 6.38. The number of ether oxygens (including phenoxy) is 2. The van der Waals surface area contributed by atoms with Crippen LogP contribution >= 0.6 is 0 Å². The second kappa shape index (κ2) is 6.45. The molecule has 0 aromatic heterocycles. The van der Waals surface area contributed by atoms with Crippen molar-refractivity contribution in [3.63, 3.8) is 0 Å². The zero-order chi connectivity index (χ0) is 19.7. The Morgan fingerprint density at radius 3 is 2.61 bits per heavy atom. The molecule has 1 spiro atoms. The number of hydrogen-bond donors (Lipinski definition) is 0. The van der Waals surface area contributed by atoms with Crippen molar-refractivity contribution >= 4 is 0 Å². The van der Waals surface area contributed by atoms with E-state index in [1.807, 2.05) is 0 Å². The van der Waals surface area contributed by atoms with Gasteiger partial charge in [-0.2, -0.15) is 0 Å². The highest BCUT2D eigenvalue weighted by Gasteiger charge is 2.68. The Morgan fingerprint density at radius 1 is 1.14 bits per heavy atom. The lowest BCUT2D eigenvalue weighted by Crippen LogP contribution is -2.51. The molecule has 28 heavy (non-hydrogen) atoms. The fourth-order valence-corrected chi connectivity index (χ4v) is 8.80. The lowest BCUT2D eigenvalue weighted by molar-refractivity contribution is -0.201. The summed E-state index contributed by atoms with van der Waals surface area (Å²) in [6.45, 7) is 15.7. The van der Waals surface area contributed by atoms with Crippen LogP contribution in [0, 0.1) is 46.3 Å². The van der Waals surface area contributed by atoms with E-state index in [9.17, 15) is 0 Å². The van der Waals surface area contributed by atoms with Gasteiger partial charge in [0, 0.05) is 12.3 Å². The van der Waals surface area contributed by atoms with E-state index in [1.165, 1.54) is 38.5 Å². The minimum absolute atomic E-state index is 0.308. The summed E-state index contributed by atoms with van der Waals surface area (Å²) in [6.07, 6.45) is 14.1. The third-order valence-electron chi connectivity index (χ3n) is 10.2. The molecular weight excluding hydrogens is 344 g/mol. The van der Waals surface area contributed by atoms with Gasteiger partial charge in [-0.25, -0.2) is 0 Å². The molecule has 5 unspecified atom stereocenters. The molecule has 0 amide bonds. The van der Waals surface area contributed by atoms with Crippen LogP contribution in [0.25, 0.3) is 0 Å². The zero-order valence-corrected chi connectivity index (χ0v) is 18.5. The molecule has 156 valence electrons. The van der Waals surface area contributed by atoms with Crippen molar-refractivity contribution < 1.29 is 9.47 Å². The van der Waals surface area contributed by atoms with Crippen LogP contribution in [0.5, 0.6) is 0 Å².